The lowest BCUT2D eigenvalue weighted by Crippen LogP contribution is -2.47. The fourth-order valence-corrected chi connectivity index (χ4v) is 11.0. The van der Waals surface area contributed by atoms with E-state index in [4.69, 9.17) is 11.6 Å². The van der Waals surface area contributed by atoms with E-state index in [1.165, 1.54) is 40.6 Å². The van der Waals surface area contributed by atoms with Crippen LogP contribution in [0.1, 0.15) is 69.3 Å². The second-order valence-electron chi connectivity index (χ2n) is 17.6. The first kappa shape index (κ1) is 49.4. The average molecular weight is 961 g/mol. The van der Waals surface area contributed by atoms with Gasteiger partial charge in [-0.2, -0.15) is 13.2 Å². The number of anilines is 2. The molecule has 1 heterocycles. The van der Waals surface area contributed by atoms with Crippen LogP contribution in [0.15, 0.2) is 117 Å². The quantitative estimate of drug-likeness (QED) is 0.0991. The maximum Gasteiger partial charge on any atom is 0.501 e. The van der Waals surface area contributed by atoms with Gasteiger partial charge in [0.05, 0.1) is 10.6 Å². The van der Waals surface area contributed by atoms with Crippen molar-refractivity contribution in [2.75, 3.05) is 62.3 Å². The summed E-state index contributed by atoms with van der Waals surface area (Å²) in [7, 11) is -8.97. The first-order valence-electron chi connectivity index (χ1n) is 21.3. The van der Waals surface area contributed by atoms with Crippen LogP contribution in [0.25, 0.3) is 5.57 Å². The van der Waals surface area contributed by atoms with Gasteiger partial charge < -0.3 is 15.1 Å². The summed E-state index contributed by atoms with van der Waals surface area (Å²) in [6.45, 7) is 13.2. The zero-order chi connectivity index (χ0) is 46.5. The minimum atomic E-state index is -6.05. The zero-order valence-corrected chi connectivity index (χ0v) is 40.0. The number of benzene rings is 4. The molecule has 1 aliphatic heterocycles. The molecule has 0 saturated carbocycles. The van der Waals surface area contributed by atoms with Crippen LogP contribution < -0.4 is 14.9 Å². The fraction of sp³-hybridized carbons (Fsp3) is 0.426. The highest BCUT2D eigenvalue weighted by Crippen LogP contribution is 2.43. The van der Waals surface area contributed by atoms with E-state index in [9.17, 15) is 34.8 Å². The summed E-state index contributed by atoms with van der Waals surface area (Å²) in [5.41, 5.74) is -1.01. The number of carbonyl (C=O) groups is 1. The molecule has 0 radical (unpaired) electrons. The Hall–Kier alpha value is -4.06. The second-order valence-corrected chi connectivity index (χ2v) is 22.7. The summed E-state index contributed by atoms with van der Waals surface area (Å²) in [5, 5.41) is 3.69. The van der Waals surface area contributed by atoms with Crippen LogP contribution in [-0.4, -0.2) is 102 Å². The minimum absolute atomic E-state index is 0.000559. The van der Waals surface area contributed by atoms with Crippen LogP contribution in [0.4, 0.5) is 24.5 Å². The van der Waals surface area contributed by atoms with Gasteiger partial charge in [-0.15, -0.1) is 11.8 Å². The number of hydrogen-bond donors (Lipinski definition) is 2. The van der Waals surface area contributed by atoms with E-state index in [1.54, 1.807) is 12.1 Å². The second kappa shape index (κ2) is 20.6. The molecule has 346 valence electrons. The van der Waals surface area contributed by atoms with Gasteiger partial charge in [-0.1, -0.05) is 61.4 Å². The van der Waals surface area contributed by atoms with Gasteiger partial charge in [0.15, 0.2) is 0 Å². The molecule has 1 aliphatic carbocycles. The van der Waals surface area contributed by atoms with Gasteiger partial charge in [0.2, 0.25) is 0 Å². The molecule has 6 rings (SSSR count). The monoisotopic (exact) mass is 959 g/mol. The third-order valence-corrected chi connectivity index (χ3v) is 16.3. The third kappa shape index (κ3) is 12.6. The average Bonchev–Trinajstić information content (AvgIpc) is 3.25. The standard InChI is InChI=1S/C47H57ClF3N5O5S3/c1-33(2)54(5)24-22-38(32-62-40-9-7-6-8-10-40)52-43-20-19-41(29-44(43)63(58,59)47(49,50)51)64(60,61)53-45(57)35-13-17-39(18-14-35)56-27-25-55(26-28-56)31-36-21-23-46(3,4)30-42(36)34-11-15-37(48)16-12-34/h6-20,29,33,38,52H,21-28,30-32H2,1-5H3,(H,53,57)/t38-/m1/s1. The normalized spacial score (nSPS) is 16.9. The van der Waals surface area contributed by atoms with Crippen molar-refractivity contribution in [2.24, 2.45) is 5.41 Å². The number of rotatable bonds is 17. The lowest BCUT2D eigenvalue weighted by molar-refractivity contribution is -0.0435. The first-order chi connectivity index (χ1) is 30.1. The van der Waals surface area contributed by atoms with Crippen LogP contribution in [0, 0.1) is 5.41 Å². The van der Waals surface area contributed by atoms with Crippen LogP contribution in [0.2, 0.25) is 5.02 Å². The Labute approximate surface area is 385 Å². The van der Waals surface area contributed by atoms with Crippen molar-refractivity contribution < 1.29 is 34.8 Å². The molecular weight excluding hydrogens is 903 g/mol. The molecule has 64 heavy (non-hydrogen) atoms. The summed E-state index contributed by atoms with van der Waals surface area (Å²) in [6.07, 6.45) is 3.60. The number of allylic oxidation sites excluding steroid dienone is 1. The molecule has 0 spiro atoms. The summed E-state index contributed by atoms with van der Waals surface area (Å²) in [4.78, 5) is 18.9. The predicted molar refractivity (Wildman–Crippen MR) is 252 cm³/mol. The molecule has 2 aliphatic rings. The topological polar surface area (TPSA) is 119 Å². The van der Waals surface area contributed by atoms with Crippen LogP contribution in [-0.2, 0) is 19.9 Å². The van der Waals surface area contributed by atoms with Crippen molar-refractivity contribution in [2.45, 2.75) is 85.7 Å². The Kier molecular flexibility index (Phi) is 15.9. The molecule has 1 atom stereocenters. The van der Waals surface area contributed by atoms with Crippen molar-refractivity contribution in [1.82, 2.24) is 14.5 Å². The number of alkyl halides is 3. The van der Waals surface area contributed by atoms with Gasteiger partial charge in [0.1, 0.15) is 4.90 Å². The number of nitrogens with zero attached hydrogens (tertiary/aromatic N) is 3. The summed E-state index contributed by atoms with van der Waals surface area (Å²) >= 11 is 7.64. The number of thioether (sulfide) groups is 1. The van der Waals surface area contributed by atoms with Gasteiger partial charge in [-0.25, -0.2) is 21.6 Å². The van der Waals surface area contributed by atoms with Gasteiger partial charge in [0, 0.05) is 78.3 Å². The van der Waals surface area contributed by atoms with E-state index in [-0.39, 0.29) is 17.0 Å². The minimum Gasteiger partial charge on any atom is -0.380 e. The number of sulfonamides is 1. The Morgan fingerprint density at radius 1 is 0.906 bits per heavy atom. The van der Waals surface area contributed by atoms with Crippen LogP contribution >= 0.6 is 23.4 Å². The van der Waals surface area contributed by atoms with Crippen molar-refractivity contribution in [1.29, 1.82) is 0 Å². The Bertz CT molecular complexity index is 2500. The van der Waals surface area contributed by atoms with Crippen molar-refractivity contribution in [3.63, 3.8) is 0 Å². The lowest BCUT2D eigenvalue weighted by atomic mass is 9.72. The highest BCUT2D eigenvalue weighted by molar-refractivity contribution is 7.99. The number of halogens is 4. The summed E-state index contributed by atoms with van der Waals surface area (Å²) in [5.74, 6) is -0.650. The van der Waals surface area contributed by atoms with E-state index in [1.807, 2.05) is 68.1 Å². The highest BCUT2D eigenvalue weighted by Gasteiger charge is 2.48. The molecule has 1 amide bonds. The molecular formula is C47H57ClF3N5O5S3. The maximum atomic E-state index is 14.1. The van der Waals surface area contributed by atoms with Crippen LogP contribution in [0.3, 0.4) is 0 Å². The number of hydrogen-bond acceptors (Lipinski definition) is 10. The molecule has 17 heteroatoms. The van der Waals surface area contributed by atoms with Gasteiger partial charge in [-0.05, 0) is 130 Å². The van der Waals surface area contributed by atoms with E-state index in [0.717, 1.165) is 74.7 Å². The molecule has 10 nitrogen and oxygen atoms in total. The number of sulfone groups is 1. The molecule has 0 aromatic heterocycles. The van der Waals surface area contributed by atoms with Crippen LogP contribution in [0.5, 0.6) is 0 Å². The maximum absolute atomic E-state index is 14.1. The predicted octanol–water partition coefficient (Wildman–Crippen LogP) is 9.84. The Balaban J connectivity index is 1.13. The molecule has 1 fully saturated rings. The van der Waals surface area contributed by atoms with Crippen molar-refractivity contribution in [3.8, 4) is 0 Å². The largest absolute Gasteiger partial charge is 0.501 e. The molecule has 0 bridgehead atoms. The van der Waals surface area contributed by atoms with Gasteiger partial charge >= 0.3 is 5.51 Å². The van der Waals surface area contributed by atoms with Crippen molar-refractivity contribution >= 4 is 66.1 Å². The number of amides is 1. The third-order valence-electron chi connectivity index (χ3n) is 12.0. The molecule has 4 aromatic rings. The van der Waals surface area contributed by atoms with Gasteiger partial charge in [-0.3, -0.25) is 9.69 Å². The molecule has 0 unspecified atom stereocenters. The highest BCUT2D eigenvalue weighted by atomic mass is 35.5. The Morgan fingerprint density at radius 2 is 1.56 bits per heavy atom. The number of carbonyl (C=O) groups excluding carboxylic acids is 1. The van der Waals surface area contributed by atoms with E-state index in [2.05, 4.69) is 46.0 Å². The number of nitrogens with one attached hydrogen (secondary N) is 2. The lowest BCUT2D eigenvalue weighted by Gasteiger charge is -2.39. The molecule has 1 saturated heterocycles. The first-order valence-corrected chi connectivity index (χ1v) is 25.7. The SMILES string of the molecule is CC(C)N(C)CC[C@H](CSc1ccccc1)Nc1ccc(S(=O)(=O)NC(=O)c2ccc(N3CCN(CC4=C(c5ccc(Cl)cc5)CC(C)(C)CC4)CC3)cc2)cc1S(=O)(=O)C(F)(F)F. The van der Waals surface area contributed by atoms with E-state index >= 15 is 0 Å². The molecule has 2 N–H and O–H groups in total. The zero-order valence-electron chi connectivity index (χ0n) is 36.8. The molecule has 4 aromatic carbocycles. The van der Waals surface area contributed by atoms with E-state index in [0.29, 0.717) is 29.8 Å². The smallest absolute Gasteiger partial charge is 0.380 e. The number of piperazine rings is 1. The summed E-state index contributed by atoms with van der Waals surface area (Å²) < 4.78 is 97.5. The Morgan fingerprint density at radius 3 is 2.19 bits per heavy atom. The van der Waals surface area contributed by atoms with Gasteiger partial charge in [0.25, 0.3) is 25.8 Å². The fourth-order valence-electron chi connectivity index (χ4n) is 7.85. The van der Waals surface area contributed by atoms with E-state index < -0.39 is 52.8 Å². The van der Waals surface area contributed by atoms with Crippen molar-refractivity contribution in [3.05, 3.63) is 119 Å². The summed E-state index contributed by atoms with van der Waals surface area (Å²) in [6, 6.07) is 26.0.